The van der Waals surface area contributed by atoms with Crippen LogP contribution in [0, 0.1) is 0 Å². The maximum absolute atomic E-state index is 12.2. The number of esters is 1. The van der Waals surface area contributed by atoms with Crippen molar-refractivity contribution in [2.45, 2.75) is 11.9 Å². The van der Waals surface area contributed by atoms with Gasteiger partial charge in [-0.25, -0.2) is 9.78 Å². The molecular weight excluding hydrogens is 320 g/mol. The molecule has 2 heterocycles. The molecule has 0 unspecified atom stereocenters. The Labute approximate surface area is 125 Å². The van der Waals surface area contributed by atoms with E-state index in [0.717, 1.165) is 6.20 Å². The lowest BCUT2D eigenvalue weighted by Gasteiger charge is -2.07. The number of ether oxygens (including phenoxy) is 1. The van der Waals surface area contributed by atoms with E-state index in [2.05, 4.69) is 19.9 Å². The largest absolute Gasteiger partial charge is 0.462 e. The molecule has 112 valence electrons. The van der Waals surface area contributed by atoms with Gasteiger partial charge in [-0.3, -0.25) is 9.82 Å². The number of pyridine rings is 1. The molecule has 0 amide bonds. The number of nitrogens with one attached hydrogen (secondary N) is 2. The lowest BCUT2D eigenvalue weighted by Crippen LogP contribution is -2.17. The van der Waals surface area contributed by atoms with Gasteiger partial charge in [0.25, 0.3) is 10.0 Å². The average Bonchev–Trinajstić information content (AvgIpc) is 2.92. The van der Waals surface area contributed by atoms with E-state index in [1.807, 2.05) is 0 Å². The van der Waals surface area contributed by atoms with Gasteiger partial charge in [-0.05, 0) is 19.1 Å². The van der Waals surface area contributed by atoms with E-state index in [9.17, 15) is 13.2 Å². The first-order chi connectivity index (χ1) is 9.94. The second-order valence-electron chi connectivity index (χ2n) is 3.81. The van der Waals surface area contributed by atoms with E-state index < -0.39 is 16.0 Å². The van der Waals surface area contributed by atoms with Gasteiger partial charge in [0.1, 0.15) is 10.7 Å². The number of anilines is 1. The summed E-state index contributed by atoms with van der Waals surface area (Å²) in [6.45, 7) is 1.74. The minimum Gasteiger partial charge on any atom is -0.462 e. The van der Waals surface area contributed by atoms with Crippen LogP contribution in [0.2, 0.25) is 5.15 Å². The highest BCUT2D eigenvalue weighted by atomic mass is 35.5. The minimum atomic E-state index is -4.03. The highest BCUT2D eigenvalue weighted by molar-refractivity contribution is 7.92. The molecule has 2 rings (SSSR count). The number of carbonyl (C=O) groups is 1. The molecule has 0 aliphatic rings. The summed E-state index contributed by atoms with van der Waals surface area (Å²) >= 11 is 5.62. The molecule has 8 nitrogen and oxygen atoms in total. The maximum atomic E-state index is 12.2. The molecule has 0 aliphatic carbocycles. The first-order valence-corrected chi connectivity index (χ1v) is 7.65. The molecule has 0 fully saturated rings. The predicted molar refractivity (Wildman–Crippen MR) is 74.6 cm³/mol. The third-order valence-corrected chi connectivity index (χ3v) is 3.92. The Morgan fingerprint density at radius 2 is 2.19 bits per heavy atom. The molecular formula is C11H11ClN4O4S. The second kappa shape index (κ2) is 6.10. The number of aromatic nitrogens is 3. The molecule has 0 aliphatic heterocycles. The molecule has 2 aromatic rings. The Kier molecular flexibility index (Phi) is 4.43. The summed E-state index contributed by atoms with van der Waals surface area (Å²) in [5.74, 6) is -0.777. The van der Waals surface area contributed by atoms with Crippen LogP contribution in [0.25, 0.3) is 0 Å². The van der Waals surface area contributed by atoms with E-state index >= 15 is 0 Å². The smallest absolute Gasteiger partial charge is 0.342 e. The number of hydrogen-bond acceptors (Lipinski definition) is 6. The summed E-state index contributed by atoms with van der Waals surface area (Å²) in [6, 6.07) is 2.87. The van der Waals surface area contributed by atoms with Gasteiger partial charge >= 0.3 is 5.97 Å². The lowest BCUT2D eigenvalue weighted by atomic mass is 10.4. The molecule has 10 heteroatoms. The number of H-pyrrole nitrogens is 1. The molecule has 0 spiro atoms. The topological polar surface area (TPSA) is 114 Å². The highest BCUT2D eigenvalue weighted by Gasteiger charge is 2.26. The van der Waals surface area contributed by atoms with Gasteiger partial charge in [-0.2, -0.15) is 13.5 Å². The van der Waals surface area contributed by atoms with Crippen LogP contribution in [0.3, 0.4) is 0 Å². The third-order valence-electron chi connectivity index (χ3n) is 2.35. The summed E-state index contributed by atoms with van der Waals surface area (Å²) in [5.41, 5.74) is 0.0232. The number of rotatable bonds is 5. The Morgan fingerprint density at radius 3 is 2.81 bits per heavy atom. The van der Waals surface area contributed by atoms with Crippen LogP contribution in [-0.2, 0) is 14.8 Å². The first-order valence-electron chi connectivity index (χ1n) is 5.79. The van der Waals surface area contributed by atoms with Crippen LogP contribution in [0.4, 0.5) is 5.69 Å². The number of aromatic amines is 1. The molecule has 21 heavy (non-hydrogen) atoms. The summed E-state index contributed by atoms with van der Waals surface area (Å²) in [4.78, 5) is 15.4. The molecule has 0 aromatic carbocycles. The molecule has 0 bridgehead atoms. The number of carbonyl (C=O) groups excluding carboxylic acids is 1. The van der Waals surface area contributed by atoms with Crippen molar-refractivity contribution in [3.05, 3.63) is 35.2 Å². The minimum absolute atomic E-state index is 0.123. The van der Waals surface area contributed by atoms with Crippen molar-refractivity contribution in [2.75, 3.05) is 11.3 Å². The highest BCUT2D eigenvalue weighted by Crippen LogP contribution is 2.18. The zero-order valence-electron chi connectivity index (χ0n) is 10.8. The number of hydrogen-bond donors (Lipinski definition) is 2. The summed E-state index contributed by atoms with van der Waals surface area (Å²) in [7, 11) is -4.03. The number of halogens is 1. The molecule has 0 saturated carbocycles. The molecule has 0 atom stereocenters. The van der Waals surface area contributed by atoms with Crippen molar-refractivity contribution in [3.63, 3.8) is 0 Å². The van der Waals surface area contributed by atoms with Gasteiger partial charge < -0.3 is 4.74 Å². The van der Waals surface area contributed by atoms with Gasteiger partial charge in [-0.15, -0.1) is 0 Å². The van der Waals surface area contributed by atoms with Crippen LogP contribution in [-0.4, -0.2) is 36.2 Å². The Hall–Kier alpha value is -2.13. The number of sulfonamides is 1. The van der Waals surface area contributed by atoms with E-state index in [0.29, 0.717) is 0 Å². The van der Waals surface area contributed by atoms with E-state index in [4.69, 9.17) is 16.3 Å². The summed E-state index contributed by atoms with van der Waals surface area (Å²) in [6.07, 6.45) is 2.34. The van der Waals surface area contributed by atoms with Gasteiger partial charge in [0, 0.05) is 0 Å². The normalized spacial score (nSPS) is 11.1. The van der Waals surface area contributed by atoms with Gasteiger partial charge in [0.15, 0.2) is 5.03 Å². The summed E-state index contributed by atoms with van der Waals surface area (Å²) < 4.78 is 31.5. The van der Waals surface area contributed by atoms with E-state index in [-0.39, 0.29) is 28.0 Å². The van der Waals surface area contributed by atoms with Gasteiger partial charge in [0.2, 0.25) is 0 Å². The average molecular weight is 331 g/mol. The Balaban J connectivity index is 2.30. The zero-order chi connectivity index (χ0) is 15.5. The van der Waals surface area contributed by atoms with Crippen molar-refractivity contribution >= 4 is 33.3 Å². The van der Waals surface area contributed by atoms with E-state index in [1.54, 1.807) is 6.92 Å². The third kappa shape index (κ3) is 3.50. The second-order valence-corrected chi connectivity index (χ2v) is 5.81. The fourth-order valence-electron chi connectivity index (χ4n) is 1.48. The first kappa shape index (κ1) is 15.3. The van der Waals surface area contributed by atoms with Crippen LogP contribution < -0.4 is 4.72 Å². The van der Waals surface area contributed by atoms with Crippen molar-refractivity contribution in [2.24, 2.45) is 0 Å². The quantitative estimate of drug-likeness (QED) is 0.633. The predicted octanol–water partition coefficient (Wildman–Crippen LogP) is 1.44. The lowest BCUT2D eigenvalue weighted by molar-refractivity contribution is 0.0522. The molecule has 2 N–H and O–H groups in total. The zero-order valence-corrected chi connectivity index (χ0v) is 12.4. The van der Waals surface area contributed by atoms with Gasteiger partial charge in [0.05, 0.1) is 24.7 Å². The SMILES string of the molecule is CCOC(=O)c1cn[nH]c1S(=O)(=O)Nc1ccc(Cl)nc1. The van der Waals surface area contributed by atoms with Gasteiger partial charge in [-0.1, -0.05) is 11.6 Å². The van der Waals surface area contributed by atoms with Crippen LogP contribution >= 0.6 is 11.6 Å². The van der Waals surface area contributed by atoms with Crippen LogP contribution in [0.15, 0.2) is 29.6 Å². The standard InChI is InChI=1S/C11H11ClN4O4S/c1-2-20-11(17)8-6-14-15-10(8)21(18,19)16-7-3-4-9(12)13-5-7/h3-6,16H,2H2,1H3,(H,14,15). The molecule has 0 saturated heterocycles. The van der Waals surface area contributed by atoms with Crippen molar-refractivity contribution < 1.29 is 17.9 Å². The fourth-order valence-corrected chi connectivity index (χ4v) is 2.72. The Bertz CT molecular complexity index is 742. The Morgan fingerprint density at radius 1 is 1.43 bits per heavy atom. The van der Waals surface area contributed by atoms with Crippen LogP contribution in [0.1, 0.15) is 17.3 Å². The number of nitrogens with zero attached hydrogens (tertiary/aromatic N) is 2. The fraction of sp³-hybridized carbons (Fsp3) is 0.182. The van der Waals surface area contributed by atoms with Crippen molar-refractivity contribution in [1.29, 1.82) is 0 Å². The van der Waals surface area contributed by atoms with E-state index in [1.165, 1.54) is 18.3 Å². The molecule has 0 radical (unpaired) electrons. The summed E-state index contributed by atoms with van der Waals surface area (Å²) in [5, 5.41) is 5.68. The monoisotopic (exact) mass is 330 g/mol. The van der Waals surface area contributed by atoms with Crippen molar-refractivity contribution in [3.8, 4) is 0 Å². The maximum Gasteiger partial charge on any atom is 0.342 e. The molecule has 2 aromatic heterocycles. The van der Waals surface area contributed by atoms with Crippen molar-refractivity contribution in [1.82, 2.24) is 15.2 Å². The van der Waals surface area contributed by atoms with Crippen LogP contribution in [0.5, 0.6) is 0 Å².